The van der Waals surface area contributed by atoms with Gasteiger partial charge in [-0.3, -0.25) is 0 Å². The van der Waals surface area contributed by atoms with Crippen LogP contribution in [0.1, 0.15) is 22.3 Å². The molecule has 0 fully saturated rings. The van der Waals surface area contributed by atoms with Crippen molar-refractivity contribution in [2.45, 2.75) is 5.41 Å². The maximum Gasteiger partial charge on any atom is 0.137 e. The summed E-state index contributed by atoms with van der Waals surface area (Å²) < 4.78 is 8.90. The molecule has 346 valence electrons. The first-order chi connectivity index (χ1) is 36.7. The van der Waals surface area contributed by atoms with Crippen LogP contribution in [0.25, 0.3) is 93.6 Å². The third kappa shape index (κ3) is 6.20. The van der Waals surface area contributed by atoms with Gasteiger partial charge in [0.25, 0.3) is 0 Å². The Hall–Kier alpha value is -9.70. The molecule has 1 aliphatic rings. The number of rotatable bonds is 8. The van der Waals surface area contributed by atoms with E-state index in [1.807, 2.05) is 6.07 Å². The Morgan fingerprint density at radius 3 is 1.74 bits per heavy atom. The summed E-state index contributed by atoms with van der Waals surface area (Å²) in [5.74, 6) is 0. The van der Waals surface area contributed by atoms with Crippen LogP contribution < -0.4 is 4.90 Å². The summed E-state index contributed by atoms with van der Waals surface area (Å²) in [5.41, 5.74) is 20.0. The molecule has 0 unspecified atom stereocenters. The van der Waals surface area contributed by atoms with Crippen molar-refractivity contribution in [2.24, 2.45) is 0 Å². The van der Waals surface area contributed by atoms with Gasteiger partial charge in [0.05, 0.1) is 38.9 Å². The molecular weight excluding hydrogens is 897 g/mol. The average molecular weight is 943 g/mol. The molecule has 0 radical (unpaired) electrons. The molecule has 0 amide bonds. The van der Waals surface area contributed by atoms with Gasteiger partial charge in [-0.25, -0.2) is 0 Å². The largest absolute Gasteiger partial charge is 0.456 e. The van der Waals surface area contributed by atoms with Crippen LogP contribution >= 0.6 is 0 Å². The van der Waals surface area contributed by atoms with Gasteiger partial charge in [0.2, 0.25) is 0 Å². The lowest BCUT2D eigenvalue weighted by molar-refractivity contribution is 0.669. The van der Waals surface area contributed by atoms with E-state index >= 15 is 0 Å². The van der Waals surface area contributed by atoms with Gasteiger partial charge in [-0.05, 0) is 110 Å². The molecular formula is C71H46N2O. The van der Waals surface area contributed by atoms with Gasteiger partial charge in [-0.15, -0.1) is 0 Å². The topological polar surface area (TPSA) is 21.3 Å². The zero-order valence-electron chi connectivity index (χ0n) is 40.4. The highest BCUT2D eigenvalue weighted by Gasteiger charge is 2.46. The number of aromatic nitrogens is 1. The second kappa shape index (κ2) is 16.7. The highest BCUT2D eigenvalue weighted by molar-refractivity contribution is 6.15. The van der Waals surface area contributed by atoms with Crippen molar-refractivity contribution in [1.82, 2.24) is 4.57 Å². The monoisotopic (exact) mass is 942 g/mol. The second-order valence-electron chi connectivity index (χ2n) is 19.5. The molecule has 2 heterocycles. The fraction of sp³-hybridized carbons (Fsp3) is 0.0141. The molecule has 0 bridgehead atoms. The quantitative estimate of drug-likeness (QED) is 0.151. The molecule has 15 rings (SSSR count). The van der Waals surface area contributed by atoms with Crippen LogP contribution in [0.3, 0.4) is 0 Å². The van der Waals surface area contributed by atoms with Crippen molar-refractivity contribution in [2.75, 3.05) is 4.90 Å². The highest BCUT2D eigenvalue weighted by atomic mass is 16.3. The molecule has 74 heavy (non-hydrogen) atoms. The number of para-hydroxylation sites is 3. The molecule has 12 aromatic carbocycles. The summed E-state index contributed by atoms with van der Waals surface area (Å²) in [5, 5.41) is 7.00. The van der Waals surface area contributed by atoms with Crippen molar-refractivity contribution < 1.29 is 4.42 Å². The van der Waals surface area contributed by atoms with E-state index in [1.165, 1.54) is 54.9 Å². The van der Waals surface area contributed by atoms with Crippen molar-refractivity contribution in [3.8, 4) is 39.1 Å². The van der Waals surface area contributed by atoms with E-state index < -0.39 is 5.41 Å². The predicted octanol–water partition coefficient (Wildman–Crippen LogP) is 19.0. The van der Waals surface area contributed by atoms with Gasteiger partial charge >= 0.3 is 0 Å². The number of anilines is 3. The lowest BCUT2D eigenvalue weighted by atomic mass is 9.67. The number of nitrogens with zero attached hydrogens (tertiary/aromatic N) is 2. The van der Waals surface area contributed by atoms with Gasteiger partial charge in [-0.2, -0.15) is 0 Å². The van der Waals surface area contributed by atoms with Crippen LogP contribution in [0.2, 0.25) is 0 Å². The number of fused-ring (bicyclic) bond motifs is 10. The molecule has 0 N–H and O–H groups in total. The fourth-order valence-electron chi connectivity index (χ4n) is 12.6. The van der Waals surface area contributed by atoms with Gasteiger partial charge in [0, 0.05) is 32.8 Å². The molecule has 0 spiro atoms. The standard InChI is InChI=1S/C71H46N2O/c1-3-23-49(24-4-1)71(50-25-5-2-6-26-50)61-34-15-11-30-55(61)56-44-42-51(46-62(56)71)72(63-37-19-22-47-21-7-8-28-53(47)63)64-35-16-12-31-57(64)54-29-10-9-27-52(54)48-41-43-59-58-32-13-17-36-65(58)73(67(59)45-48)66-38-20-40-69-70(66)60-33-14-18-39-68(60)74-69/h1-46H. The first-order valence-corrected chi connectivity index (χ1v) is 25.5. The number of hydrogen-bond acceptors (Lipinski definition) is 2. The SMILES string of the molecule is c1ccc(C2(c3ccccc3)c3ccccc3-c3ccc(N(c4ccccc4-c4ccccc4-c4ccc5c6ccccc6n(-c6cccc7oc8ccccc8c67)c5c4)c4cccc5ccccc45)cc32)cc1. The Morgan fingerprint density at radius 1 is 0.338 bits per heavy atom. The van der Waals surface area contributed by atoms with Crippen LogP contribution in [0, 0.1) is 0 Å². The molecule has 1 aliphatic carbocycles. The molecule has 0 aliphatic heterocycles. The normalized spacial score (nSPS) is 12.7. The zero-order chi connectivity index (χ0) is 48.7. The average Bonchev–Trinajstić information content (AvgIpc) is 4.17. The van der Waals surface area contributed by atoms with Crippen LogP contribution in [-0.2, 0) is 5.41 Å². The molecule has 2 aromatic heterocycles. The highest BCUT2D eigenvalue weighted by Crippen LogP contribution is 2.58. The van der Waals surface area contributed by atoms with Crippen LogP contribution in [-0.4, -0.2) is 4.57 Å². The maximum atomic E-state index is 6.46. The smallest absolute Gasteiger partial charge is 0.137 e. The van der Waals surface area contributed by atoms with Crippen LogP contribution in [0.5, 0.6) is 0 Å². The van der Waals surface area contributed by atoms with E-state index in [0.29, 0.717) is 0 Å². The zero-order valence-corrected chi connectivity index (χ0v) is 40.4. The van der Waals surface area contributed by atoms with E-state index in [2.05, 4.69) is 282 Å². The number of furan rings is 1. The Balaban J connectivity index is 0.962. The Morgan fingerprint density at radius 2 is 0.919 bits per heavy atom. The summed E-state index contributed by atoms with van der Waals surface area (Å²) >= 11 is 0. The second-order valence-corrected chi connectivity index (χ2v) is 19.5. The third-order valence-electron chi connectivity index (χ3n) is 15.7. The van der Waals surface area contributed by atoms with Gasteiger partial charge in [0.1, 0.15) is 11.2 Å². The van der Waals surface area contributed by atoms with Crippen LogP contribution in [0.15, 0.2) is 283 Å². The minimum absolute atomic E-state index is 0.557. The van der Waals surface area contributed by atoms with Crippen LogP contribution in [0.4, 0.5) is 17.1 Å². The molecule has 0 saturated carbocycles. The number of hydrogen-bond donors (Lipinski definition) is 0. The minimum atomic E-state index is -0.557. The van der Waals surface area contributed by atoms with E-state index in [4.69, 9.17) is 4.42 Å². The first kappa shape index (κ1) is 42.0. The summed E-state index contributed by atoms with van der Waals surface area (Å²) in [6.07, 6.45) is 0. The van der Waals surface area contributed by atoms with Gasteiger partial charge < -0.3 is 13.9 Å². The first-order valence-electron chi connectivity index (χ1n) is 25.5. The Labute approximate surface area is 429 Å². The summed E-state index contributed by atoms with van der Waals surface area (Å²) in [4.78, 5) is 2.51. The third-order valence-corrected chi connectivity index (χ3v) is 15.7. The Bertz CT molecular complexity index is 4460. The molecule has 0 saturated heterocycles. The minimum Gasteiger partial charge on any atom is -0.456 e. The van der Waals surface area contributed by atoms with Gasteiger partial charge in [-0.1, -0.05) is 224 Å². The summed E-state index contributed by atoms with van der Waals surface area (Å²) in [6.45, 7) is 0. The van der Waals surface area contributed by atoms with Crippen molar-refractivity contribution in [3.63, 3.8) is 0 Å². The van der Waals surface area contributed by atoms with Crippen molar-refractivity contribution in [1.29, 1.82) is 0 Å². The lowest BCUT2D eigenvalue weighted by Gasteiger charge is -2.35. The predicted molar refractivity (Wildman–Crippen MR) is 308 cm³/mol. The summed E-state index contributed by atoms with van der Waals surface area (Å²) in [7, 11) is 0. The van der Waals surface area contributed by atoms with Crippen molar-refractivity contribution in [3.05, 3.63) is 301 Å². The fourth-order valence-corrected chi connectivity index (χ4v) is 12.6. The lowest BCUT2D eigenvalue weighted by Crippen LogP contribution is -2.28. The van der Waals surface area contributed by atoms with Crippen molar-refractivity contribution >= 4 is 71.6 Å². The van der Waals surface area contributed by atoms with E-state index in [-0.39, 0.29) is 0 Å². The number of benzene rings is 12. The molecule has 3 nitrogen and oxygen atoms in total. The van der Waals surface area contributed by atoms with Gasteiger partial charge in [0.15, 0.2) is 0 Å². The van der Waals surface area contributed by atoms with E-state index in [0.717, 1.165) is 78.0 Å². The summed E-state index contributed by atoms with van der Waals surface area (Å²) in [6, 6.07) is 102. The van der Waals surface area contributed by atoms with E-state index in [1.54, 1.807) is 0 Å². The van der Waals surface area contributed by atoms with E-state index in [9.17, 15) is 0 Å². The molecule has 14 aromatic rings. The maximum absolute atomic E-state index is 6.46. The molecule has 3 heteroatoms. The molecule has 0 atom stereocenters. The Kier molecular flexibility index (Phi) is 9.48.